The van der Waals surface area contributed by atoms with E-state index in [2.05, 4.69) is 29.7 Å². The van der Waals surface area contributed by atoms with E-state index in [1.54, 1.807) is 0 Å². The van der Waals surface area contributed by atoms with Crippen LogP contribution in [0.3, 0.4) is 0 Å². The molecule has 18 heavy (non-hydrogen) atoms. The molecule has 1 aliphatic carbocycles. The van der Waals surface area contributed by atoms with Gasteiger partial charge in [-0.1, -0.05) is 26.7 Å². The SMILES string of the molecule is CCCC1CCC(N)C(c2ccnn2CCC)C1. The number of rotatable bonds is 5. The molecule has 0 radical (unpaired) electrons. The normalized spacial score (nSPS) is 28.5. The Bertz CT molecular complexity index is 358. The maximum absolute atomic E-state index is 6.35. The van der Waals surface area contributed by atoms with Crippen molar-refractivity contribution in [2.24, 2.45) is 11.7 Å². The minimum Gasteiger partial charge on any atom is -0.327 e. The Morgan fingerprint density at radius 1 is 1.33 bits per heavy atom. The summed E-state index contributed by atoms with van der Waals surface area (Å²) in [4.78, 5) is 0. The zero-order valence-electron chi connectivity index (χ0n) is 11.8. The summed E-state index contributed by atoms with van der Waals surface area (Å²) in [5, 5.41) is 4.45. The summed E-state index contributed by atoms with van der Waals surface area (Å²) in [7, 11) is 0. The Balaban J connectivity index is 2.11. The highest BCUT2D eigenvalue weighted by molar-refractivity contribution is 5.12. The van der Waals surface area contributed by atoms with E-state index in [-0.39, 0.29) is 0 Å². The van der Waals surface area contributed by atoms with Crippen LogP contribution in [0.15, 0.2) is 12.3 Å². The average molecular weight is 249 g/mol. The number of hydrogen-bond donors (Lipinski definition) is 1. The van der Waals surface area contributed by atoms with Crippen LogP contribution >= 0.6 is 0 Å². The zero-order chi connectivity index (χ0) is 13.0. The van der Waals surface area contributed by atoms with Gasteiger partial charge in [0.25, 0.3) is 0 Å². The van der Waals surface area contributed by atoms with Gasteiger partial charge in [-0.3, -0.25) is 4.68 Å². The first kappa shape index (κ1) is 13.6. The molecule has 0 aromatic carbocycles. The molecule has 3 atom stereocenters. The Labute approximate surface area is 111 Å². The number of nitrogens with two attached hydrogens (primary N) is 1. The Morgan fingerprint density at radius 3 is 2.89 bits per heavy atom. The third kappa shape index (κ3) is 2.94. The third-order valence-corrected chi connectivity index (χ3v) is 4.27. The predicted octanol–water partition coefficient (Wildman–Crippen LogP) is 3.30. The van der Waals surface area contributed by atoms with Crippen LogP contribution in [0.4, 0.5) is 0 Å². The highest BCUT2D eigenvalue weighted by atomic mass is 15.3. The fourth-order valence-electron chi connectivity index (χ4n) is 3.35. The average Bonchev–Trinajstić information content (AvgIpc) is 2.81. The van der Waals surface area contributed by atoms with Gasteiger partial charge in [0.1, 0.15) is 0 Å². The monoisotopic (exact) mass is 249 g/mol. The topological polar surface area (TPSA) is 43.8 Å². The predicted molar refractivity (Wildman–Crippen MR) is 75.5 cm³/mol. The molecule has 1 aromatic heterocycles. The molecule has 1 saturated carbocycles. The largest absolute Gasteiger partial charge is 0.327 e. The second kappa shape index (κ2) is 6.37. The van der Waals surface area contributed by atoms with Gasteiger partial charge in [-0.05, 0) is 37.7 Å². The van der Waals surface area contributed by atoms with Gasteiger partial charge < -0.3 is 5.73 Å². The van der Waals surface area contributed by atoms with Crippen molar-refractivity contribution in [3.05, 3.63) is 18.0 Å². The van der Waals surface area contributed by atoms with Crippen molar-refractivity contribution < 1.29 is 0 Å². The molecule has 2 N–H and O–H groups in total. The molecule has 3 heteroatoms. The summed E-state index contributed by atoms with van der Waals surface area (Å²) >= 11 is 0. The van der Waals surface area contributed by atoms with Gasteiger partial charge in [0.2, 0.25) is 0 Å². The maximum atomic E-state index is 6.35. The highest BCUT2D eigenvalue weighted by Crippen LogP contribution is 2.37. The number of hydrogen-bond acceptors (Lipinski definition) is 2. The molecule has 0 amide bonds. The molecule has 2 rings (SSSR count). The van der Waals surface area contributed by atoms with Crippen molar-refractivity contribution in [2.75, 3.05) is 0 Å². The molecule has 1 fully saturated rings. The minimum absolute atomic E-state index is 0.324. The van der Waals surface area contributed by atoms with Crippen molar-refractivity contribution in [3.63, 3.8) is 0 Å². The second-order valence-electron chi connectivity index (χ2n) is 5.72. The lowest BCUT2D eigenvalue weighted by Crippen LogP contribution is -2.35. The molecule has 0 aliphatic heterocycles. The van der Waals surface area contributed by atoms with E-state index < -0.39 is 0 Å². The van der Waals surface area contributed by atoms with Gasteiger partial charge in [0, 0.05) is 30.4 Å². The van der Waals surface area contributed by atoms with E-state index in [1.807, 2.05) is 6.20 Å². The summed E-state index contributed by atoms with van der Waals surface area (Å²) in [5.74, 6) is 1.38. The maximum Gasteiger partial charge on any atom is 0.0492 e. The summed E-state index contributed by atoms with van der Waals surface area (Å²) in [6.45, 7) is 5.50. The van der Waals surface area contributed by atoms with E-state index in [0.717, 1.165) is 18.9 Å². The Morgan fingerprint density at radius 2 is 2.17 bits per heavy atom. The lowest BCUT2D eigenvalue weighted by Gasteiger charge is -2.34. The van der Waals surface area contributed by atoms with Gasteiger partial charge in [-0.25, -0.2) is 0 Å². The quantitative estimate of drug-likeness (QED) is 0.870. The molecule has 1 heterocycles. The minimum atomic E-state index is 0.324. The molecule has 3 unspecified atom stereocenters. The Kier molecular flexibility index (Phi) is 4.81. The first-order valence-corrected chi connectivity index (χ1v) is 7.53. The van der Waals surface area contributed by atoms with Crippen LogP contribution in [0.25, 0.3) is 0 Å². The molecule has 3 nitrogen and oxygen atoms in total. The van der Waals surface area contributed by atoms with E-state index >= 15 is 0 Å². The highest BCUT2D eigenvalue weighted by Gasteiger charge is 2.30. The third-order valence-electron chi connectivity index (χ3n) is 4.27. The van der Waals surface area contributed by atoms with Crippen LogP contribution in [0, 0.1) is 5.92 Å². The van der Waals surface area contributed by atoms with Crippen LogP contribution < -0.4 is 5.73 Å². The van der Waals surface area contributed by atoms with Gasteiger partial charge in [0.05, 0.1) is 0 Å². The van der Waals surface area contributed by atoms with Gasteiger partial charge in [0.15, 0.2) is 0 Å². The zero-order valence-corrected chi connectivity index (χ0v) is 11.8. The van der Waals surface area contributed by atoms with E-state index in [1.165, 1.54) is 37.8 Å². The van der Waals surface area contributed by atoms with Crippen molar-refractivity contribution in [1.29, 1.82) is 0 Å². The summed E-state index contributed by atoms with van der Waals surface area (Å²) in [6, 6.07) is 2.50. The summed E-state index contributed by atoms with van der Waals surface area (Å²) in [6.07, 6.45) is 9.45. The van der Waals surface area contributed by atoms with Crippen molar-refractivity contribution in [1.82, 2.24) is 9.78 Å². The molecular weight excluding hydrogens is 222 g/mol. The van der Waals surface area contributed by atoms with Crippen LogP contribution in [0.2, 0.25) is 0 Å². The molecular formula is C15H27N3. The van der Waals surface area contributed by atoms with E-state index in [4.69, 9.17) is 5.73 Å². The van der Waals surface area contributed by atoms with Crippen molar-refractivity contribution >= 4 is 0 Å². The van der Waals surface area contributed by atoms with Crippen molar-refractivity contribution in [2.45, 2.75) is 70.9 Å². The fraction of sp³-hybridized carbons (Fsp3) is 0.800. The summed E-state index contributed by atoms with van der Waals surface area (Å²) < 4.78 is 2.17. The number of aryl methyl sites for hydroxylation is 1. The first-order valence-electron chi connectivity index (χ1n) is 7.53. The Hall–Kier alpha value is -0.830. The van der Waals surface area contributed by atoms with Crippen LogP contribution in [-0.2, 0) is 6.54 Å². The van der Waals surface area contributed by atoms with Gasteiger partial charge in [-0.2, -0.15) is 5.10 Å². The van der Waals surface area contributed by atoms with E-state index in [9.17, 15) is 0 Å². The summed E-state index contributed by atoms with van der Waals surface area (Å²) in [5.41, 5.74) is 7.72. The standard InChI is InChI=1S/C15H27N3/c1-3-5-12-6-7-14(16)13(11-12)15-8-9-17-18(15)10-4-2/h8-9,12-14H,3-7,10-11,16H2,1-2H3. The van der Waals surface area contributed by atoms with Gasteiger partial charge >= 0.3 is 0 Å². The smallest absolute Gasteiger partial charge is 0.0492 e. The number of nitrogens with zero attached hydrogens (tertiary/aromatic N) is 2. The van der Waals surface area contributed by atoms with Crippen LogP contribution in [-0.4, -0.2) is 15.8 Å². The lowest BCUT2D eigenvalue weighted by molar-refractivity contribution is 0.265. The molecule has 0 saturated heterocycles. The molecule has 1 aliphatic rings. The molecule has 0 spiro atoms. The van der Waals surface area contributed by atoms with Gasteiger partial charge in [-0.15, -0.1) is 0 Å². The lowest BCUT2D eigenvalue weighted by atomic mass is 9.75. The molecule has 102 valence electrons. The van der Waals surface area contributed by atoms with Crippen LogP contribution in [0.1, 0.15) is 64.0 Å². The second-order valence-corrected chi connectivity index (χ2v) is 5.72. The van der Waals surface area contributed by atoms with E-state index in [0.29, 0.717) is 12.0 Å². The van der Waals surface area contributed by atoms with Crippen LogP contribution in [0.5, 0.6) is 0 Å². The first-order chi connectivity index (χ1) is 8.76. The van der Waals surface area contributed by atoms with Crippen molar-refractivity contribution in [3.8, 4) is 0 Å². The fourth-order valence-corrected chi connectivity index (χ4v) is 3.35. The number of aromatic nitrogens is 2. The molecule has 0 bridgehead atoms. The molecule has 1 aromatic rings.